The van der Waals surface area contributed by atoms with Crippen LogP contribution < -0.4 is 5.32 Å². The van der Waals surface area contributed by atoms with Gasteiger partial charge in [0, 0.05) is 56.7 Å². The standard InChI is InChI=1S/C19H30N4O3S/c1-2-26-19(25)23-7-5-16(6-8-23)20-18(24)15-22-11-9-21(10-12-22)14-17-4-3-13-27-17/h3-4,13,16H,2,5-12,14-15H2,1H3,(H,20,24). The van der Waals surface area contributed by atoms with Gasteiger partial charge < -0.3 is 15.0 Å². The fourth-order valence-corrected chi connectivity index (χ4v) is 4.37. The van der Waals surface area contributed by atoms with Crippen LogP contribution in [-0.2, 0) is 16.1 Å². The molecule has 0 saturated carbocycles. The zero-order valence-corrected chi connectivity index (χ0v) is 16.9. The Labute approximate surface area is 165 Å². The highest BCUT2D eigenvalue weighted by molar-refractivity contribution is 7.09. The molecule has 0 bridgehead atoms. The Morgan fingerprint density at radius 3 is 2.48 bits per heavy atom. The van der Waals surface area contributed by atoms with E-state index in [1.165, 1.54) is 4.88 Å². The number of carbonyl (C=O) groups is 2. The molecule has 8 heteroatoms. The van der Waals surface area contributed by atoms with Gasteiger partial charge >= 0.3 is 6.09 Å². The Bertz CT molecular complexity index is 594. The summed E-state index contributed by atoms with van der Waals surface area (Å²) in [5.74, 6) is 0.0938. The van der Waals surface area contributed by atoms with Crippen molar-refractivity contribution in [2.24, 2.45) is 0 Å². The van der Waals surface area contributed by atoms with E-state index >= 15 is 0 Å². The highest BCUT2D eigenvalue weighted by atomic mass is 32.1. The third-order valence-electron chi connectivity index (χ3n) is 5.18. The first-order valence-electron chi connectivity index (χ1n) is 9.82. The van der Waals surface area contributed by atoms with Crippen LogP contribution in [0.15, 0.2) is 17.5 Å². The minimum Gasteiger partial charge on any atom is -0.450 e. The van der Waals surface area contributed by atoms with Crippen molar-refractivity contribution in [3.63, 3.8) is 0 Å². The zero-order valence-electron chi connectivity index (χ0n) is 16.1. The van der Waals surface area contributed by atoms with Crippen molar-refractivity contribution in [3.05, 3.63) is 22.4 Å². The molecule has 0 atom stereocenters. The fraction of sp³-hybridized carbons (Fsp3) is 0.684. The molecule has 150 valence electrons. The monoisotopic (exact) mass is 394 g/mol. The van der Waals surface area contributed by atoms with Gasteiger partial charge in [0.05, 0.1) is 13.2 Å². The van der Waals surface area contributed by atoms with Crippen molar-refractivity contribution in [2.45, 2.75) is 32.4 Å². The molecular weight excluding hydrogens is 364 g/mol. The number of ether oxygens (including phenoxy) is 1. The van der Waals surface area contributed by atoms with Crippen molar-refractivity contribution >= 4 is 23.3 Å². The highest BCUT2D eigenvalue weighted by Crippen LogP contribution is 2.14. The lowest BCUT2D eigenvalue weighted by atomic mass is 10.1. The molecule has 2 fully saturated rings. The number of nitrogens with one attached hydrogen (secondary N) is 1. The molecule has 3 heterocycles. The predicted molar refractivity (Wildman–Crippen MR) is 106 cm³/mol. The van der Waals surface area contributed by atoms with Gasteiger partial charge in [0.25, 0.3) is 0 Å². The molecule has 7 nitrogen and oxygen atoms in total. The maximum absolute atomic E-state index is 12.4. The minimum atomic E-state index is -0.248. The molecule has 2 saturated heterocycles. The number of hydrogen-bond acceptors (Lipinski definition) is 6. The van der Waals surface area contributed by atoms with E-state index in [1.54, 1.807) is 16.2 Å². The van der Waals surface area contributed by atoms with Crippen LogP contribution in [0.3, 0.4) is 0 Å². The number of carbonyl (C=O) groups excluding carboxylic acids is 2. The van der Waals surface area contributed by atoms with Gasteiger partial charge in [0.2, 0.25) is 5.91 Å². The zero-order chi connectivity index (χ0) is 19.1. The second-order valence-corrected chi connectivity index (χ2v) is 8.19. The van der Waals surface area contributed by atoms with Gasteiger partial charge in [0.1, 0.15) is 0 Å². The molecule has 2 amide bonds. The summed E-state index contributed by atoms with van der Waals surface area (Å²) < 4.78 is 5.03. The van der Waals surface area contributed by atoms with E-state index in [0.717, 1.165) is 45.6 Å². The number of likely N-dealkylation sites (tertiary alicyclic amines) is 1. The molecule has 1 aromatic heterocycles. The Hall–Kier alpha value is -1.64. The molecule has 0 unspecified atom stereocenters. The Kier molecular flexibility index (Phi) is 7.49. The third-order valence-corrected chi connectivity index (χ3v) is 6.04. The molecule has 2 aliphatic heterocycles. The summed E-state index contributed by atoms with van der Waals surface area (Å²) >= 11 is 1.80. The number of thiophene rings is 1. The molecule has 0 spiro atoms. The lowest BCUT2D eigenvalue weighted by Gasteiger charge is -2.35. The summed E-state index contributed by atoms with van der Waals surface area (Å²) in [5, 5.41) is 5.25. The first-order chi connectivity index (χ1) is 13.1. The summed E-state index contributed by atoms with van der Waals surface area (Å²) in [5.41, 5.74) is 0. The number of hydrogen-bond donors (Lipinski definition) is 1. The van der Waals surface area contributed by atoms with Crippen LogP contribution in [0, 0.1) is 0 Å². The van der Waals surface area contributed by atoms with Crippen molar-refractivity contribution < 1.29 is 14.3 Å². The number of rotatable bonds is 6. The van der Waals surface area contributed by atoms with Crippen molar-refractivity contribution in [2.75, 3.05) is 52.4 Å². The van der Waals surface area contributed by atoms with E-state index in [4.69, 9.17) is 4.74 Å². The molecule has 0 radical (unpaired) electrons. The van der Waals surface area contributed by atoms with Gasteiger partial charge in [0.15, 0.2) is 0 Å². The number of amides is 2. The predicted octanol–water partition coefficient (Wildman–Crippen LogP) is 1.60. The van der Waals surface area contributed by atoms with E-state index in [-0.39, 0.29) is 18.0 Å². The second kappa shape index (κ2) is 10.1. The van der Waals surface area contributed by atoms with Gasteiger partial charge in [-0.25, -0.2) is 4.79 Å². The van der Waals surface area contributed by atoms with E-state index < -0.39 is 0 Å². The summed E-state index contributed by atoms with van der Waals surface area (Å²) in [6.45, 7) is 8.84. The highest BCUT2D eigenvalue weighted by Gasteiger charge is 2.25. The van der Waals surface area contributed by atoms with Crippen LogP contribution in [-0.4, -0.2) is 85.2 Å². The number of nitrogens with zero attached hydrogens (tertiary/aromatic N) is 3. The molecule has 1 aromatic rings. The summed E-state index contributed by atoms with van der Waals surface area (Å²) in [4.78, 5) is 31.9. The van der Waals surface area contributed by atoms with Crippen LogP contribution in [0.25, 0.3) is 0 Å². The molecule has 0 aromatic carbocycles. The van der Waals surface area contributed by atoms with Gasteiger partial charge in [-0.15, -0.1) is 11.3 Å². The second-order valence-electron chi connectivity index (χ2n) is 7.16. The van der Waals surface area contributed by atoms with E-state index in [9.17, 15) is 9.59 Å². The largest absolute Gasteiger partial charge is 0.450 e. The van der Waals surface area contributed by atoms with E-state index in [1.807, 2.05) is 6.92 Å². The minimum absolute atomic E-state index is 0.0938. The molecular formula is C19H30N4O3S. The summed E-state index contributed by atoms with van der Waals surface area (Å²) in [6.07, 6.45) is 1.33. The average molecular weight is 395 g/mol. The molecule has 3 rings (SSSR count). The first kappa shape index (κ1) is 20.1. The van der Waals surface area contributed by atoms with Crippen molar-refractivity contribution in [3.8, 4) is 0 Å². The number of piperazine rings is 1. The fourth-order valence-electron chi connectivity index (χ4n) is 3.63. The molecule has 1 N–H and O–H groups in total. The summed E-state index contributed by atoms with van der Waals surface area (Å²) in [6, 6.07) is 4.43. The van der Waals surface area contributed by atoms with Crippen molar-refractivity contribution in [1.29, 1.82) is 0 Å². The lowest BCUT2D eigenvalue weighted by Crippen LogP contribution is -2.52. The Balaban J connectivity index is 1.32. The molecule has 0 aliphatic carbocycles. The maximum Gasteiger partial charge on any atom is 0.409 e. The Morgan fingerprint density at radius 1 is 1.15 bits per heavy atom. The average Bonchev–Trinajstić information content (AvgIpc) is 3.17. The van der Waals surface area contributed by atoms with Crippen LogP contribution >= 0.6 is 11.3 Å². The van der Waals surface area contributed by atoms with Gasteiger partial charge in [-0.1, -0.05) is 6.07 Å². The van der Waals surface area contributed by atoms with Gasteiger partial charge in [-0.2, -0.15) is 0 Å². The molecule has 2 aliphatic rings. The SMILES string of the molecule is CCOC(=O)N1CCC(NC(=O)CN2CCN(Cc3cccs3)CC2)CC1. The third kappa shape index (κ3) is 6.19. The van der Waals surface area contributed by atoms with Gasteiger partial charge in [-0.05, 0) is 31.2 Å². The maximum atomic E-state index is 12.4. The van der Waals surface area contributed by atoms with Crippen molar-refractivity contribution in [1.82, 2.24) is 20.0 Å². The molecule has 27 heavy (non-hydrogen) atoms. The quantitative estimate of drug-likeness (QED) is 0.794. The van der Waals surface area contributed by atoms with Gasteiger partial charge in [-0.3, -0.25) is 14.6 Å². The Morgan fingerprint density at radius 2 is 1.85 bits per heavy atom. The summed E-state index contributed by atoms with van der Waals surface area (Å²) in [7, 11) is 0. The number of piperidine rings is 1. The van der Waals surface area contributed by atoms with Crippen LogP contribution in [0.1, 0.15) is 24.6 Å². The normalized spacial score (nSPS) is 19.8. The lowest BCUT2D eigenvalue weighted by molar-refractivity contribution is -0.123. The topological polar surface area (TPSA) is 65.1 Å². The van der Waals surface area contributed by atoms with Crippen LogP contribution in [0.2, 0.25) is 0 Å². The smallest absolute Gasteiger partial charge is 0.409 e. The first-order valence-corrected chi connectivity index (χ1v) is 10.7. The van der Waals surface area contributed by atoms with Crippen LogP contribution in [0.4, 0.5) is 4.79 Å². The van der Waals surface area contributed by atoms with E-state index in [2.05, 4.69) is 32.6 Å². The van der Waals surface area contributed by atoms with Crippen LogP contribution in [0.5, 0.6) is 0 Å². The van der Waals surface area contributed by atoms with E-state index in [0.29, 0.717) is 26.2 Å².